The van der Waals surface area contributed by atoms with E-state index in [1.54, 1.807) is 0 Å². The van der Waals surface area contributed by atoms with Gasteiger partial charge in [-0.1, -0.05) is 57.1 Å². The van der Waals surface area contributed by atoms with E-state index in [-0.39, 0.29) is 5.78 Å². The summed E-state index contributed by atoms with van der Waals surface area (Å²) < 4.78 is 0. The lowest BCUT2D eigenvalue weighted by molar-refractivity contribution is 0.0903. The molecule has 20 heavy (non-hydrogen) atoms. The maximum Gasteiger partial charge on any atom is 0.188 e. The van der Waals surface area contributed by atoms with Crippen molar-refractivity contribution < 1.29 is 9.90 Å². The van der Waals surface area contributed by atoms with Crippen LogP contribution in [0.3, 0.4) is 0 Å². The first-order chi connectivity index (χ1) is 9.67. The van der Waals surface area contributed by atoms with Crippen molar-refractivity contribution in [2.75, 3.05) is 6.61 Å². The molecular weight excluding hydrogens is 248 g/mol. The minimum Gasteiger partial charge on any atom is -0.388 e. The van der Waals surface area contributed by atoms with Crippen LogP contribution in [0.25, 0.3) is 0 Å². The maximum atomic E-state index is 11.5. The van der Waals surface area contributed by atoms with Crippen molar-refractivity contribution in [1.29, 1.82) is 0 Å². The lowest BCUT2D eigenvalue weighted by Gasteiger charge is -2.06. The van der Waals surface area contributed by atoms with E-state index < -0.39 is 6.61 Å². The Balaban J connectivity index is 2.36. The van der Waals surface area contributed by atoms with Gasteiger partial charge in [0.05, 0.1) is 0 Å². The quantitative estimate of drug-likeness (QED) is 0.506. The molecular formula is C18H28O2. The molecule has 1 aromatic carbocycles. The predicted octanol–water partition coefficient (Wildman–Crippen LogP) is 4.46. The largest absolute Gasteiger partial charge is 0.388 e. The number of Topliss-reactive ketones (excluding diaryl/α,β-unsaturated/α-hetero) is 1. The Bertz CT molecular complexity index is 410. The molecule has 0 bridgehead atoms. The standard InChI is InChI=1S/C18H28O2/c1-3-4-5-6-7-8-9-10-16-11-15(2)12-17(13-16)18(20)14-19/h11-13,19H,3-10,14H2,1-2H3. The molecule has 0 aliphatic rings. The molecule has 0 saturated heterocycles. The highest BCUT2D eigenvalue weighted by molar-refractivity contribution is 5.97. The molecule has 0 aromatic heterocycles. The number of carbonyl (C=O) groups excluding carboxylic acids is 1. The molecule has 2 nitrogen and oxygen atoms in total. The topological polar surface area (TPSA) is 37.3 Å². The Labute approximate surface area is 123 Å². The number of aryl methyl sites for hydroxylation is 2. The van der Waals surface area contributed by atoms with Crippen molar-refractivity contribution in [3.8, 4) is 0 Å². The van der Waals surface area contributed by atoms with Crippen LogP contribution in [0.2, 0.25) is 0 Å². The van der Waals surface area contributed by atoms with Crippen LogP contribution in [0.4, 0.5) is 0 Å². The second-order valence-corrected chi connectivity index (χ2v) is 5.66. The zero-order valence-electron chi connectivity index (χ0n) is 13.0. The molecule has 1 N–H and O–H groups in total. The van der Waals surface area contributed by atoms with E-state index in [2.05, 4.69) is 13.0 Å². The lowest BCUT2D eigenvalue weighted by atomic mass is 9.99. The van der Waals surface area contributed by atoms with Crippen molar-refractivity contribution >= 4 is 5.78 Å². The van der Waals surface area contributed by atoms with Gasteiger partial charge in [-0.15, -0.1) is 0 Å². The van der Waals surface area contributed by atoms with Crippen LogP contribution in [0.5, 0.6) is 0 Å². The number of unbranched alkanes of at least 4 members (excludes halogenated alkanes) is 6. The van der Waals surface area contributed by atoms with Crippen molar-refractivity contribution in [2.45, 2.75) is 65.2 Å². The first kappa shape index (κ1) is 16.9. The highest BCUT2D eigenvalue weighted by Gasteiger charge is 2.06. The van der Waals surface area contributed by atoms with E-state index in [4.69, 9.17) is 5.11 Å². The van der Waals surface area contributed by atoms with Crippen LogP contribution >= 0.6 is 0 Å². The average Bonchev–Trinajstić information content (AvgIpc) is 2.45. The molecule has 0 aliphatic heterocycles. The molecule has 1 aromatic rings. The van der Waals surface area contributed by atoms with Crippen LogP contribution in [0.1, 0.15) is 73.4 Å². The van der Waals surface area contributed by atoms with E-state index in [0.717, 1.165) is 12.0 Å². The van der Waals surface area contributed by atoms with E-state index in [9.17, 15) is 4.79 Å². The van der Waals surface area contributed by atoms with Gasteiger partial charge in [-0.25, -0.2) is 0 Å². The van der Waals surface area contributed by atoms with Crippen LogP contribution in [0.15, 0.2) is 18.2 Å². The summed E-state index contributed by atoms with van der Waals surface area (Å²) >= 11 is 0. The van der Waals surface area contributed by atoms with Crippen LogP contribution < -0.4 is 0 Å². The molecule has 0 spiro atoms. The first-order valence-corrected chi connectivity index (χ1v) is 7.92. The normalized spacial score (nSPS) is 10.8. The highest BCUT2D eigenvalue weighted by Crippen LogP contribution is 2.15. The van der Waals surface area contributed by atoms with Gasteiger partial charge in [0.15, 0.2) is 5.78 Å². The second-order valence-electron chi connectivity index (χ2n) is 5.66. The summed E-state index contributed by atoms with van der Waals surface area (Å²) in [7, 11) is 0. The van der Waals surface area contributed by atoms with Crippen molar-refractivity contribution in [2.24, 2.45) is 0 Å². The summed E-state index contributed by atoms with van der Waals surface area (Å²) in [5.41, 5.74) is 2.96. The average molecular weight is 276 g/mol. The molecule has 0 amide bonds. The fraction of sp³-hybridized carbons (Fsp3) is 0.611. The van der Waals surface area contributed by atoms with Crippen molar-refractivity contribution in [3.05, 3.63) is 34.9 Å². The molecule has 1 rings (SSSR count). The Hall–Kier alpha value is -1.15. The van der Waals surface area contributed by atoms with Gasteiger partial charge in [0, 0.05) is 5.56 Å². The van der Waals surface area contributed by atoms with Crippen LogP contribution in [-0.2, 0) is 6.42 Å². The van der Waals surface area contributed by atoms with Gasteiger partial charge in [-0.2, -0.15) is 0 Å². The van der Waals surface area contributed by atoms with Gasteiger partial charge in [0.2, 0.25) is 0 Å². The number of ketones is 1. The van der Waals surface area contributed by atoms with Gasteiger partial charge < -0.3 is 5.11 Å². The first-order valence-electron chi connectivity index (χ1n) is 7.92. The number of rotatable bonds is 10. The fourth-order valence-corrected chi connectivity index (χ4v) is 2.55. The second kappa shape index (κ2) is 9.71. The third kappa shape index (κ3) is 6.33. The van der Waals surface area contributed by atoms with Crippen LogP contribution in [0, 0.1) is 6.92 Å². The number of hydrogen-bond donors (Lipinski definition) is 1. The molecule has 112 valence electrons. The number of aliphatic hydroxyl groups excluding tert-OH is 1. The summed E-state index contributed by atoms with van der Waals surface area (Å²) in [5, 5.41) is 8.94. The number of benzene rings is 1. The third-order valence-electron chi connectivity index (χ3n) is 3.67. The maximum absolute atomic E-state index is 11.5. The number of aliphatic hydroxyl groups is 1. The molecule has 0 radical (unpaired) electrons. The zero-order valence-corrected chi connectivity index (χ0v) is 13.0. The Morgan fingerprint density at radius 2 is 1.65 bits per heavy atom. The molecule has 0 saturated carbocycles. The van der Waals surface area contributed by atoms with Gasteiger partial charge in [-0.3, -0.25) is 4.79 Å². The van der Waals surface area contributed by atoms with Crippen molar-refractivity contribution in [1.82, 2.24) is 0 Å². The summed E-state index contributed by atoms with van der Waals surface area (Å²) in [4.78, 5) is 11.5. The summed E-state index contributed by atoms with van der Waals surface area (Å²) in [5.74, 6) is -0.186. The van der Waals surface area contributed by atoms with Gasteiger partial charge in [0.1, 0.15) is 6.61 Å². The predicted molar refractivity (Wildman–Crippen MR) is 84.3 cm³/mol. The SMILES string of the molecule is CCCCCCCCCc1cc(C)cc(C(=O)CO)c1. The number of hydrogen-bond acceptors (Lipinski definition) is 2. The van der Waals surface area contributed by atoms with Gasteiger partial charge in [-0.05, 0) is 37.5 Å². The van der Waals surface area contributed by atoms with Gasteiger partial charge >= 0.3 is 0 Å². The summed E-state index contributed by atoms with van der Waals surface area (Å²) in [6, 6.07) is 5.93. The van der Waals surface area contributed by atoms with Crippen LogP contribution in [-0.4, -0.2) is 17.5 Å². The Kier molecular flexibility index (Phi) is 8.20. The highest BCUT2D eigenvalue weighted by atomic mass is 16.3. The van der Waals surface area contributed by atoms with E-state index >= 15 is 0 Å². The number of carbonyl (C=O) groups is 1. The minimum atomic E-state index is -0.402. The molecule has 0 heterocycles. The zero-order chi connectivity index (χ0) is 14.8. The molecule has 2 heteroatoms. The third-order valence-corrected chi connectivity index (χ3v) is 3.67. The minimum absolute atomic E-state index is 0.186. The van der Waals surface area contributed by atoms with E-state index in [0.29, 0.717) is 5.56 Å². The molecule has 0 atom stereocenters. The Morgan fingerprint density at radius 1 is 1.00 bits per heavy atom. The summed E-state index contributed by atoms with van der Waals surface area (Å²) in [6.07, 6.45) is 10.1. The smallest absolute Gasteiger partial charge is 0.188 e. The van der Waals surface area contributed by atoms with Crippen molar-refractivity contribution in [3.63, 3.8) is 0 Å². The summed E-state index contributed by atoms with van der Waals surface area (Å²) in [6.45, 7) is 3.84. The van der Waals surface area contributed by atoms with E-state index in [1.807, 2.05) is 19.1 Å². The van der Waals surface area contributed by atoms with Gasteiger partial charge in [0.25, 0.3) is 0 Å². The fourth-order valence-electron chi connectivity index (χ4n) is 2.55. The lowest BCUT2D eigenvalue weighted by Crippen LogP contribution is -2.05. The van der Waals surface area contributed by atoms with E-state index in [1.165, 1.54) is 50.5 Å². The molecule has 0 aliphatic carbocycles. The Morgan fingerprint density at radius 3 is 2.30 bits per heavy atom. The molecule has 0 fully saturated rings. The monoisotopic (exact) mass is 276 g/mol. The molecule has 0 unspecified atom stereocenters.